The molecule has 0 saturated carbocycles. The largest absolute Gasteiger partial charge is 0.480 e. The van der Waals surface area contributed by atoms with Crippen LogP contribution in [0.1, 0.15) is 54.6 Å². The third-order valence-corrected chi connectivity index (χ3v) is 7.26. The lowest BCUT2D eigenvalue weighted by Crippen LogP contribution is -2.45. The molecule has 1 aliphatic heterocycles. The molecule has 1 aliphatic carbocycles. The van der Waals surface area contributed by atoms with E-state index in [9.17, 15) is 24.3 Å². The lowest BCUT2D eigenvalue weighted by molar-refractivity contribution is -0.148. The Bertz CT molecular complexity index is 1400. The number of amides is 2. The average molecular weight is 481 g/mol. The monoisotopic (exact) mass is 480 g/mol. The molecule has 1 atom stereocenters. The molecule has 184 valence electrons. The number of fused-ring (bicyclic) bond motifs is 4. The molecule has 2 N–H and O–H groups in total. The first kappa shape index (κ1) is 23.1. The van der Waals surface area contributed by atoms with Gasteiger partial charge in [0.2, 0.25) is 11.8 Å². The van der Waals surface area contributed by atoms with Crippen molar-refractivity contribution in [3.63, 3.8) is 0 Å². The van der Waals surface area contributed by atoms with Crippen molar-refractivity contribution in [1.82, 2.24) is 10.2 Å². The van der Waals surface area contributed by atoms with Crippen molar-refractivity contribution in [2.24, 2.45) is 0 Å². The summed E-state index contributed by atoms with van der Waals surface area (Å²) >= 11 is 0. The predicted octanol–water partition coefficient (Wildman–Crippen LogP) is 2.85. The number of carbonyl (C=O) groups excluding carboxylic acids is 2. The average Bonchev–Trinajstić information content (AvgIpc) is 3.46. The Labute approximate surface area is 201 Å². The van der Waals surface area contributed by atoms with Gasteiger partial charge in [-0.1, -0.05) is 0 Å². The van der Waals surface area contributed by atoms with Crippen LogP contribution < -0.4 is 10.9 Å². The molecule has 3 aromatic rings. The van der Waals surface area contributed by atoms with Gasteiger partial charge in [0.25, 0.3) is 0 Å². The first-order valence-electron chi connectivity index (χ1n) is 12.1. The molecule has 1 aromatic carbocycles. The van der Waals surface area contributed by atoms with Crippen LogP contribution in [0.2, 0.25) is 0 Å². The molecule has 1 fully saturated rings. The Morgan fingerprint density at radius 2 is 1.86 bits per heavy atom. The van der Waals surface area contributed by atoms with Crippen LogP contribution in [0.25, 0.3) is 21.9 Å². The fraction of sp³-hybridized carbons (Fsp3) is 0.462. The van der Waals surface area contributed by atoms with Crippen LogP contribution in [0.3, 0.4) is 0 Å². The second-order valence-corrected chi connectivity index (χ2v) is 9.41. The van der Waals surface area contributed by atoms with E-state index >= 15 is 0 Å². The lowest BCUT2D eigenvalue weighted by atomic mass is 9.94. The molecule has 2 amide bonds. The van der Waals surface area contributed by atoms with E-state index in [1.54, 1.807) is 6.07 Å². The number of benzene rings is 1. The van der Waals surface area contributed by atoms with E-state index in [0.29, 0.717) is 30.5 Å². The van der Waals surface area contributed by atoms with E-state index in [-0.39, 0.29) is 25.3 Å². The maximum Gasteiger partial charge on any atom is 0.339 e. The highest BCUT2D eigenvalue weighted by Gasteiger charge is 2.33. The SMILES string of the molecule is Cc1c(CCC(=O)NCC(=O)N2CCC[C@H]2C(=O)O)c(=O)oc2cc3oc4c(c3cc12)CCCC4. The number of aliphatic carboxylic acids is 1. The second kappa shape index (κ2) is 9.20. The van der Waals surface area contributed by atoms with Crippen molar-refractivity contribution < 1.29 is 28.3 Å². The summed E-state index contributed by atoms with van der Waals surface area (Å²) in [6.07, 6.45) is 5.35. The van der Waals surface area contributed by atoms with E-state index in [4.69, 9.17) is 8.83 Å². The van der Waals surface area contributed by atoms with Crippen molar-refractivity contribution in [3.8, 4) is 0 Å². The van der Waals surface area contributed by atoms with E-state index in [1.807, 2.05) is 13.0 Å². The number of furan rings is 1. The summed E-state index contributed by atoms with van der Waals surface area (Å²) in [6.45, 7) is 1.96. The van der Waals surface area contributed by atoms with Gasteiger partial charge in [0.05, 0.1) is 6.54 Å². The minimum atomic E-state index is -1.03. The zero-order valence-corrected chi connectivity index (χ0v) is 19.6. The highest BCUT2D eigenvalue weighted by Crippen LogP contribution is 2.35. The quantitative estimate of drug-likeness (QED) is 0.519. The fourth-order valence-corrected chi connectivity index (χ4v) is 5.36. The molecule has 5 rings (SSSR count). The minimum Gasteiger partial charge on any atom is -0.480 e. The number of aryl methyl sites for hydroxylation is 3. The predicted molar refractivity (Wildman–Crippen MR) is 127 cm³/mol. The summed E-state index contributed by atoms with van der Waals surface area (Å²) in [6, 6.07) is 2.97. The molecular formula is C26H28N2O7. The summed E-state index contributed by atoms with van der Waals surface area (Å²) in [5.74, 6) is -0.828. The van der Waals surface area contributed by atoms with Crippen LogP contribution in [0.15, 0.2) is 25.8 Å². The third kappa shape index (κ3) is 4.31. The number of nitrogens with one attached hydrogen (secondary N) is 1. The summed E-state index contributed by atoms with van der Waals surface area (Å²) in [5.41, 5.74) is 3.13. The lowest BCUT2D eigenvalue weighted by Gasteiger charge is -2.21. The standard InChI is InChI=1S/C26H28N2O7/c1-14-15(8-9-23(29)27-13-24(30)28-10-4-6-19(28)25(31)32)26(33)35-21-12-22-18(11-17(14)21)16-5-2-3-7-20(16)34-22/h11-12,19H,2-10,13H2,1H3,(H,27,29)(H,31,32)/t19-/m0/s1. The van der Waals surface area contributed by atoms with Crippen molar-refractivity contribution in [2.45, 2.75) is 64.3 Å². The maximum atomic E-state index is 12.7. The first-order chi connectivity index (χ1) is 16.8. The van der Waals surface area contributed by atoms with E-state index < -0.39 is 23.5 Å². The highest BCUT2D eigenvalue weighted by molar-refractivity contribution is 5.97. The van der Waals surface area contributed by atoms with Gasteiger partial charge in [-0.15, -0.1) is 0 Å². The summed E-state index contributed by atoms with van der Waals surface area (Å²) in [7, 11) is 0. The van der Waals surface area contributed by atoms with Crippen LogP contribution in [0.4, 0.5) is 0 Å². The molecule has 3 heterocycles. The van der Waals surface area contributed by atoms with Gasteiger partial charge in [0, 0.05) is 47.4 Å². The molecule has 0 spiro atoms. The van der Waals surface area contributed by atoms with E-state index in [1.165, 1.54) is 10.5 Å². The van der Waals surface area contributed by atoms with Crippen LogP contribution in [0, 0.1) is 6.92 Å². The number of carboxylic acids is 1. The highest BCUT2D eigenvalue weighted by atomic mass is 16.4. The molecule has 9 nitrogen and oxygen atoms in total. The van der Waals surface area contributed by atoms with Gasteiger partial charge in [-0.3, -0.25) is 9.59 Å². The van der Waals surface area contributed by atoms with Crippen LogP contribution in [-0.4, -0.2) is 46.9 Å². The van der Waals surface area contributed by atoms with E-state index in [2.05, 4.69) is 5.32 Å². The summed E-state index contributed by atoms with van der Waals surface area (Å²) in [5, 5.41) is 13.7. The topological polar surface area (TPSA) is 130 Å². The first-order valence-corrected chi connectivity index (χ1v) is 12.1. The molecule has 2 aromatic heterocycles. The van der Waals surface area contributed by atoms with Gasteiger partial charge in [0.15, 0.2) is 0 Å². The van der Waals surface area contributed by atoms with Crippen LogP contribution >= 0.6 is 0 Å². The molecule has 0 radical (unpaired) electrons. The number of carbonyl (C=O) groups is 3. The molecular weight excluding hydrogens is 452 g/mol. The Morgan fingerprint density at radius 3 is 2.66 bits per heavy atom. The number of nitrogens with zero attached hydrogens (tertiary/aromatic N) is 1. The van der Waals surface area contributed by atoms with Crippen molar-refractivity contribution in [3.05, 3.63) is 45.0 Å². The van der Waals surface area contributed by atoms with Gasteiger partial charge in [-0.25, -0.2) is 9.59 Å². The Morgan fingerprint density at radius 1 is 1.09 bits per heavy atom. The van der Waals surface area contributed by atoms with Crippen molar-refractivity contribution in [1.29, 1.82) is 0 Å². The van der Waals surface area contributed by atoms with Gasteiger partial charge >= 0.3 is 11.6 Å². The Balaban J connectivity index is 1.29. The molecule has 9 heteroatoms. The van der Waals surface area contributed by atoms with E-state index in [0.717, 1.165) is 53.4 Å². The van der Waals surface area contributed by atoms with Gasteiger partial charge in [-0.05, 0) is 57.1 Å². The Hall–Kier alpha value is -3.62. The fourth-order valence-electron chi connectivity index (χ4n) is 5.36. The number of carboxylic acid groups (broad SMARTS) is 1. The normalized spacial score (nSPS) is 17.6. The molecule has 2 aliphatic rings. The van der Waals surface area contributed by atoms with Crippen molar-refractivity contribution >= 4 is 39.7 Å². The van der Waals surface area contributed by atoms with Gasteiger partial charge < -0.3 is 24.2 Å². The molecule has 0 unspecified atom stereocenters. The van der Waals surface area contributed by atoms with Crippen molar-refractivity contribution in [2.75, 3.05) is 13.1 Å². The zero-order chi connectivity index (χ0) is 24.7. The molecule has 0 bridgehead atoms. The Kier molecular flexibility index (Phi) is 6.08. The summed E-state index contributed by atoms with van der Waals surface area (Å²) < 4.78 is 11.6. The second-order valence-electron chi connectivity index (χ2n) is 9.41. The third-order valence-electron chi connectivity index (χ3n) is 7.26. The zero-order valence-electron chi connectivity index (χ0n) is 19.6. The number of hydrogen-bond donors (Lipinski definition) is 2. The molecule has 1 saturated heterocycles. The van der Waals surface area contributed by atoms with Crippen LogP contribution in [0.5, 0.6) is 0 Å². The maximum absolute atomic E-state index is 12.7. The number of likely N-dealkylation sites (tertiary alicyclic amines) is 1. The van der Waals surface area contributed by atoms with Gasteiger partial charge in [-0.2, -0.15) is 0 Å². The van der Waals surface area contributed by atoms with Crippen LogP contribution in [-0.2, 0) is 33.6 Å². The summed E-state index contributed by atoms with van der Waals surface area (Å²) in [4.78, 5) is 50.0. The number of rotatable bonds is 6. The minimum absolute atomic E-state index is 0.0100. The van der Waals surface area contributed by atoms with Gasteiger partial charge in [0.1, 0.15) is 23.0 Å². The number of hydrogen-bond acceptors (Lipinski definition) is 6. The molecule has 35 heavy (non-hydrogen) atoms. The smallest absolute Gasteiger partial charge is 0.339 e.